The lowest BCUT2D eigenvalue weighted by Gasteiger charge is -2.28. The first-order valence-corrected chi connectivity index (χ1v) is 28.1. The fraction of sp³-hybridized carbons (Fsp3) is 0.219. The molecule has 3 aliphatic heterocycles. The predicted molar refractivity (Wildman–Crippen MR) is 317 cm³/mol. The van der Waals surface area contributed by atoms with Gasteiger partial charge in [0.1, 0.15) is 22.8 Å². The minimum Gasteiger partial charge on any atom is -0.478 e. The number of rotatable bonds is 10. The summed E-state index contributed by atoms with van der Waals surface area (Å²) in [5, 5.41) is 14.7. The number of alkyl carbamates (subject to hydrolysis) is 2. The number of hydrogen-bond acceptors (Lipinski definition) is 10. The Morgan fingerprint density at radius 3 is 1.32 bits per heavy atom. The van der Waals surface area contributed by atoms with Crippen molar-refractivity contribution in [3.05, 3.63) is 246 Å². The maximum Gasteiger partial charge on any atom is 0.414 e. The second-order valence-electron chi connectivity index (χ2n) is 22.0. The highest BCUT2D eigenvalue weighted by atomic mass is 79.9. The van der Waals surface area contributed by atoms with Gasteiger partial charge in [-0.05, 0) is 159 Å². The summed E-state index contributed by atoms with van der Waals surface area (Å²) in [6.07, 6.45) is -1.61. The number of guanidine groups is 2. The number of fused-ring (bicyclic) bond motifs is 1. The van der Waals surface area contributed by atoms with Crippen LogP contribution in [0.2, 0.25) is 0 Å². The maximum absolute atomic E-state index is 14.7. The molecule has 7 aromatic rings. The van der Waals surface area contributed by atoms with E-state index >= 15 is 0 Å². The van der Waals surface area contributed by atoms with Crippen LogP contribution in [0.4, 0.5) is 18.4 Å². The smallest absolute Gasteiger partial charge is 0.414 e. The van der Waals surface area contributed by atoms with E-state index in [2.05, 4.69) is 42.5 Å². The number of benzene rings is 7. The Morgan fingerprint density at radius 2 is 0.929 bits per heavy atom. The minimum absolute atomic E-state index is 0.00818. The molecule has 5 amide bonds. The van der Waals surface area contributed by atoms with Gasteiger partial charge in [-0.2, -0.15) is 0 Å². The molecule has 0 fully saturated rings. The summed E-state index contributed by atoms with van der Waals surface area (Å²) in [5.74, 6) is -3.29. The van der Waals surface area contributed by atoms with Gasteiger partial charge in [-0.1, -0.05) is 129 Å². The number of aromatic carboxylic acids is 1. The van der Waals surface area contributed by atoms with Crippen LogP contribution in [0.5, 0.6) is 0 Å². The summed E-state index contributed by atoms with van der Waals surface area (Å²) in [6, 6.07) is 46.3. The molecule has 0 saturated heterocycles. The van der Waals surface area contributed by atoms with Crippen molar-refractivity contribution in [2.24, 2.45) is 9.98 Å². The number of hydrogen-bond donors (Lipinski definition) is 3. The molecule has 0 saturated carbocycles. The van der Waals surface area contributed by atoms with Crippen LogP contribution < -0.4 is 10.6 Å². The average Bonchev–Trinajstić information content (AvgIpc) is 1.69. The lowest BCUT2D eigenvalue weighted by molar-refractivity contribution is -0.131. The van der Waals surface area contributed by atoms with Gasteiger partial charge in [0.2, 0.25) is 11.9 Å². The number of nitrogens with one attached hydrogen (secondary N) is 2. The number of carboxylic acids is 1. The van der Waals surface area contributed by atoms with Crippen molar-refractivity contribution >= 4 is 79.7 Å². The molecule has 3 N–H and O–H groups in total. The Balaban J connectivity index is 0.000000205. The highest BCUT2D eigenvalue weighted by Crippen LogP contribution is 2.43. The molecular weight excluding hydrogens is 1210 g/mol. The van der Waals surface area contributed by atoms with Crippen LogP contribution in [0.3, 0.4) is 0 Å². The van der Waals surface area contributed by atoms with Crippen LogP contribution in [0.25, 0.3) is 0 Å². The lowest BCUT2D eigenvalue weighted by Crippen LogP contribution is -2.47. The summed E-state index contributed by atoms with van der Waals surface area (Å²) >= 11 is 6.93. The van der Waals surface area contributed by atoms with E-state index in [0.29, 0.717) is 61.0 Å². The number of carbonyl (C=O) groups excluding carboxylic acids is 5. The van der Waals surface area contributed by atoms with Gasteiger partial charge >= 0.3 is 18.2 Å². The molecule has 2 atom stereocenters. The second kappa shape index (κ2) is 24.1. The third-order valence-corrected chi connectivity index (χ3v) is 14.5. The summed E-state index contributed by atoms with van der Waals surface area (Å²) < 4.78 is 40.3. The van der Waals surface area contributed by atoms with Gasteiger partial charge in [0, 0.05) is 27.6 Å². The van der Waals surface area contributed by atoms with Crippen LogP contribution in [0, 0.1) is 11.6 Å². The van der Waals surface area contributed by atoms with Crippen LogP contribution in [-0.4, -0.2) is 78.8 Å². The number of halogens is 4. The van der Waals surface area contributed by atoms with E-state index in [1.165, 1.54) is 70.5 Å². The first kappa shape index (κ1) is 59.7. The highest BCUT2D eigenvalue weighted by Gasteiger charge is 2.53. The molecule has 20 heteroatoms. The van der Waals surface area contributed by atoms with Gasteiger partial charge in [-0.3, -0.25) is 34.8 Å². The molecule has 16 nitrogen and oxygen atoms in total. The van der Waals surface area contributed by atoms with Crippen molar-refractivity contribution in [2.45, 2.75) is 90.0 Å². The first-order chi connectivity index (χ1) is 39.8. The van der Waals surface area contributed by atoms with E-state index in [9.17, 15) is 42.7 Å². The molecule has 3 aliphatic rings. The quantitative estimate of drug-likeness (QED) is 0.119. The number of carbonyl (C=O) groups is 6. The van der Waals surface area contributed by atoms with E-state index in [-0.39, 0.29) is 36.5 Å². The van der Waals surface area contributed by atoms with Crippen LogP contribution in [0.1, 0.15) is 107 Å². The third-order valence-electron chi connectivity index (χ3n) is 13.6. The summed E-state index contributed by atoms with van der Waals surface area (Å²) in [4.78, 5) is 93.9. The van der Waals surface area contributed by atoms with E-state index in [4.69, 9.17) is 19.5 Å². The van der Waals surface area contributed by atoms with Crippen molar-refractivity contribution in [3.8, 4) is 0 Å². The summed E-state index contributed by atoms with van der Waals surface area (Å²) in [6.45, 7) is 11.2. The van der Waals surface area contributed by atoms with E-state index in [1.54, 1.807) is 119 Å². The molecule has 84 heavy (non-hydrogen) atoms. The predicted octanol–water partition coefficient (Wildman–Crippen LogP) is 12.4. The lowest BCUT2D eigenvalue weighted by atomic mass is 9.83. The Bertz CT molecular complexity index is 3770. The zero-order valence-electron chi connectivity index (χ0n) is 46.5. The number of nitrogens with zero attached hydrogens (tertiary/aromatic N) is 5. The third kappa shape index (κ3) is 13.1. The molecule has 0 radical (unpaired) electrons. The van der Waals surface area contributed by atoms with Gasteiger partial charge in [0.25, 0.3) is 17.7 Å². The van der Waals surface area contributed by atoms with Gasteiger partial charge in [0.15, 0.2) is 11.1 Å². The molecule has 2 unspecified atom stereocenters. The monoisotopic (exact) mass is 1260 g/mol. The molecule has 0 spiro atoms. The number of ether oxygens (including phenoxy) is 2. The van der Waals surface area contributed by atoms with Gasteiger partial charge in [-0.25, -0.2) is 33.1 Å². The summed E-state index contributed by atoms with van der Waals surface area (Å²) in [5.41, 5.74) is 0.789. The fourth-order valence-corrected chi connectivity index (χ4v) is 10.7. The normalized spacial score (nSPS) is 17.4. The minimum atomic E-state index is -1.66. The van der Waals surface area contributed by atoms with Crippen molar-refractivity contribution < 1.29 is 52.1 Å². The SMILES string of the molecule is CC(C)(C)OC(=O)NC1=NC(c2ccc(F)cc2)(c2cccc(Br)c2)C(=O)N1Cc1cccc(C(=O)N2Cc3ccccc3C2)c1.CC(C)(C)OC(=O)NC1=NC(c2ccc(F)cc2)(c2cccc(Br)c2)C(=O)N1Cc1cccc(C(=O)O)c1. The average molecular weight is 1270 g/mol. The molecule has 0 aromatic heterocycles. The first-order valence-electron chi connectivity index (χ1n) is 26.5. The van der Waals surface area contributed by atoms with Crippen molar-refractivity contribution in [1.82, 2.24) is 25.3 Å². The fourth-order valence-electron chi connectivity index (χ4n) is 9.92. The zero-order valence-corrected chi connectivity index (χ0v) is 49.6. The second-order valence-corrected chi connectivity index (χ2v) is 23.8. The highest BCUT2D eigenvalue weighted by molar-refractivity contribution is 9.10. The largest absolute Gasteiger partial charge is 0.478 e. The molecule has 3 heterocycles. The number of aliphatic imine (C=N–C) groups is 2. The van der Waals surface area contributed by atoms with Crippen molar-refractivity contribution in [3.63, 3.8) is 0 Å². The van der Waals surface area contributed by atoms with E-state index in [1.807, 2.05) is 36.4 Å². The Kier molecular flexibility index (Phi) is 17.2. The standard InChI is InChI=1S/C36H32BrFN4O4.C28H25BrFN3O5/c1-35(2,3)46-34(45)39-33-40-36(27-14-16-30(38)17-15-27,28-12-7-13-29(37)19-28)32(44)42(33)20-23-8-6-11-24(18-23)31(43)41-21-25-9-4-5-10-26(25)22-41;1-27(2,3)38-26(37)31-25-32-28(19-10-12-22(30)13-11-19,20-8-5-9-21(29)15-20)24(36)33(25)16-17-6-4-7-18(14-17)23(34)35/h4-19H,20-22H2,1-3H3,(H,39,40,45);4-15H,16H2,1-3H3,(H,34,35)(H,31,32,37). The van der Waals surface area contributed by atoms with Crippen molar-refractivity contribution in [2.75, 3.05) is 0 Å². The van der Waals surface area contributed by atoms with Gasteiger partial charge < -0.3 is 19.5 Å². The molecule has 0 bridgehead atoms. The molecular formula is C64H57Br2F2N7O9. The van der Waals surface area contributed by atoms with Gasteiger partial charge in [-0.15, -0.1) is 0 Å². The van der Waals surface area contributed by atoms with E-state index in [0.717, 1.165) is 11.1 Å². The molecule has 7 aromatic carbocycles. The number of amides is 5. The van der Waals surface area contributed by atoms with Crippen molar-refractivity contribution in [1.29, 1.82) is 0 Å². The molecule has 10 rings (SSSR count). The maximum atomic E-state index is 14.7. The van der Waals surface area contributed by atoms with Crippen LogP contribution >= 0.6 is 31.9 Å². The zero-order chi connectivity index (χ0) is 60.3. The van der Waals surface area contributed by atoms with Gasteiger partial charge in [0.05, 0.1) is 18.7 Å². The van der Waals surface area contributed by atoms with Crippen LogP contribution in [-0.2, 0) is 56.3 Å². The Hall–Kier alpha value is -8.88. The Labute approximate surface area is 500 Å². The topological polar surface area (TPSA) is 200 Å². The van der Waals surface area contributed by atoms with Crippen LogP contribution in [0.15, 0.2) is 189 Å². The summed E-state index contributed by atoms with van der Waals surface area (Å²) in [7, 11) is 0. The number of carboxylic acid groups (broad SMARTS) is 1. The molecule has 0 aliphatic carbocycles. The van der Waals surface area contributed by atoms with E-state index < -0.39 is 63.9 Å². The Morgan fingerprint density at radius 1 is 0.536 bits per heavy atom. The molecule has 430 valence electrons.